The fourth-order valence-corrected chi connectivity index (χ4v) is 1.90. The summed E-state index contributed by atoms with van der Waals surface area (Å²) in [6.45, 7) is 2.51. The minimum absolute atomic E-state index is 0.124. The second-order valence-corrected chi connectivity index (χ2v) is 4.28. The Balaban J connectivity index is 3.08. The summed E-state index contributed by atoms with van der Waals surface area (Å²) in [4.78, 5) is 18.4. The highest BCUT2D eigenvalue weighted by Crippen LogP contribution is 2.12. The van der Waals surface area contributed by atoms with Gasteiger partial charge in [-0.3, -0.25) is 4.79 Å². The largest absolute Gasteiger partial charge is 0.330 e. The van der Waals surface area contributed by atoms with Crippen molar-refractivity contribution in [1.29, 1.82) is 5.26 Å². The SMILES string of the molecule is CCCc1nc(SCCN)[nH]c(=O)c1C#N. The third-order valence-electron chi connectivity index (χ3n) is 1.93. The van der Waals surface area contributed by atoms with Crippen molar-refractivity contribution in [1.82, 2.24) is 9.97 Å². The summed E-state index contributed by atoms with van der Waals surface area (Å²) in [6.07, 6.45) is 1.50. The van der Waals surface area contributed by atoms with E-state index in [0.717, 1.165) is 6.42 Å². The van der Waals surface area contributed by atoms with Crippen LogP contribution in [0.5, 0.6) is 0 Å². The highest BCUT2D eigenvalue weighted by molar-refractivity contribution is 7.99. The Bertz CT molecular complexity index is 449. The summed E-state index contributed by atoms with van der Waals surface area (Å²) in [5.74, 6) is 0.695. The molecule has 1 aromatic heterocycles. The number of nitrogens with two attached hydrogens (primary N) is 1. The monoisotopic (exact) mass is 238 g/mol. The lowest BCUT2D eigenvalue weighted by atomic mass is 10.1. The Morgan fingerprint density at radius 2 is 2.38 bits per heavy atom. The molecule has 86 valence electrons. The van der Waals surface area contributed by atoms with Gasteiger partial charge in [0.15, 0.2) is 5.16 Å². The van der Waals surface area contributed by atoms with Gasteiger partial charge >= 0.3 is 0 Å². The molecule has 0 aliphatic rings. The minimum atomic E-state index is -0.361. The molecule has 0 aliphatic heterocycles. The maximum atomic E-state index is 11.6. The number of aromatic amines is 1. The van der Waals surface area contributed by atoms with Crippen molar-refractivity contribution < 1.29 is 0 Å². The molecule has 0 amide bonds. The summed E-state index contributed by atoms with van der Waals surface area (Å²) in [7, 11) is 0. The Morgan fingerprint density at radius 1 is 1.62 bits per heavy atom. The fourth-order valence-electron chi connectivity index (χ4n) is 1.25. The van der Waals surface area contributed by atoms with Crippen LogP contribution in [-0.2, 0) is 6.42 Å². The topological polar surface area (TPSA) is 95.6 Å². The molecule has 0 fully saturated rings. The quantitative estimate of drug-likeness (QED) is 0.580. The van der Waals surface area contributed by atoms with E-state index in [1.54, 1.807) is 0 Å². The number of aryl methyl sites for hydroxylation is 1. The fraction of sp³-hybridized carbons (Fsp3) is 0.500. The summed E-state index contributed by atoms with van der Waals surface area (Å²) in [5.41, 5.74) is 5.71. The van der Waals surface area contributed by atoms with E-state index in [1.165, 1.54) is 11.8 Å². The zero-order chi connectivity index (χ0) is 12.0. The smallest absolute Gasteiger partial charge is 0.269 e. The Hall–Kier alpha value is -1.32. The maximum Gasteiger partial charge on any atom is 0.269 e. The molecule has 16 heavy (non-hydrogen) atoms. The highest BCUT2D eigenvalue weighted by atomic mass is 32.2. The standard InChI is InChI=1S/C10H14N4OS/c1-2-3-8-7(6-12)9(15)14-10(13-8)16-5-4-11/h2-5,11H2,1H3,(H,13,14,15). The first-order valence-electron chi connectivity index (χ1n) is 5.09. The average molecular weight is 238 g/mol. The molecule has 0 aliphatic carbocycles. The molecule has 1 heterocycles. The van der Waals surface area contributed by atoms with Crippen molar-refractivity contribution in [3.05, 3.63) is 21.6 Å². The van der Waals surface area contributed by atoms with Crippen molar-refractivity contribution in [3.63, 3.8) is 0 Å². The van der Waals surface area contributed by atoms with E-state index in [2.05, 4.69) is 9.97 Å². The van der Waals surface area contributed by atoms with E-state index in [0.29, 0.717) is 29.6 Å². The molecule has 0 saturated heterocycles. The first-order valence-corrected chi connectivity index (χ1v) is 6.07. The molecular formula is C10H14N4OS. The first kappa shape index (κ1) is 12.7. The zero-order valence-corrected chi connectivity index (χ0v) is 9.93. The van der Waals surface area contributed by atoms with Crippen LogP contribution < -0.4 is 11.3 Å². The number of hydrogen-bond donors (Lipinski definition) is 2. The van der Waals surface area contributed by atoms with Gasteiger partial charge in [-0.05, 0) is 6.42 Å². The van der Waals surface area contributed by atoms with Crippen molar-refractivity contribution in [2.24, 2.45) is 5.73 Å². The predicted molar refractivity (Wildman–Crippen MR) is 63.3 cm³/mol. The first-order chi connectivity index (χ1) is 7.72. The zero-order valence-electron chi connectivity index (χ0n) is 9.12. The predicted octanol–water partition coefficient (Wildman–Crippen LogP) is 0.645. The van der Waals surface area contributed by atoms with Crippen LogP contribution in [0.25, 0.3) is 0 Å². The Morgan fingerprint density at radius 3 is 2.94 bits per heavy atom. The van der Waals surface area contributed by atoms with E-state index in [4.69, 9.17) is 11.0 Å². The van der Waals surface area contributed by atoms with Gasteiger partial charge in [-0.25, -0.2) is 4.98 Å². The summed E-state index contributed by atoms with van der Waals surface area (Å²) >= 11 is 1.39. The van der Waals surface area contributed by atoms with Gasteiger partial charge in [0.2, 0.25) is 0 Å². The second kappa shape index (κ2) is 6.30. The van der Waals surface area contributed by atoms with E-state index in [9.17, 15) is 4.79 Å². The molecule has 5 nitrogen and oxygen atoms in total. The van der Waals surface area contributed by atoms with Crippen molar-refractivity contribution in [2.75, 3.05) is 12.3 Å². The van der Waals surface area contributed by atoms with Crippen LogP contribution >= 0.6 is 11.8 Å². The molecule has 0 aromatic carbocycles. The third-order valence-corrected chi connectivity index (χ3v) is 2.83. The van der Waals surface area contributed by atoms with E-state index in [-0.39, 0.29) is 11.1 Å². The molecule has 1 aromatic rings. The third kappa shape index (κ3) is 3.08. The van der Waals surface area contributed by atoms with Gasteiger partial charge < -0.3 is 10.7 Å². The molecule has 0 saturated carbocycles. The van der Waals surface area contributed by atoms with Crippen LogP contribution in [0.1, 0.15) is 24.6 Å². The molecule has 6 heteroatoms. The minimum Gasteiger partial charge on any atom is -0.330 e. The molecule has 0 spiro atoms. The number of rotatable bonds is 5. The van der Waals surface area contributed by atoms with Crippen LogP contribution in [-0.4, -0.2) is 22.3 Å². The second-order valence-electron chi connectivity index (χ2n) is 3.19. The lowest BCUT2D eigenvalue weighted by Gasteiger charge is -2.04. The molecule has 0 bridgehead atoms. The van der Waals surface area contributed by atoms with Crippen molar-refractivity contribution in [3.8, 4) is 6.07 Å². The Kier molecular flexibility index (Phi) is 5.02. The number of nitrogens with zero attached hydrogens (tertiary/aromatic N) is 2. The van der Waals surface area contributed by atoms with Crippen LogP contribution in [0.15, 0.2) is 9.95 Å². The van der Waals surface area contributed by atoms with Gasteiger partial charge in [0.05, 0.1) is 5.69 Å². The van der Waals surface area contributed by atoms with E-state index in [1.807, 2.05) is 13.0 Å². The molecule has 3 N–H and O–H groups in total. The van der Waals surface area contributed by atoms with Gasteiger partial charge in [0.25, 0.3) is 5.56 Å². The normalized spacial score (nSPS) is 10.1. The number of nitriles is 1. The molecule has 0 unspecified atom stereocenters. The lowest BCUT2D eigenvalue weighted by molar-refractivity contribution is 0.809. The van der Waals surface area contributed by atoms with Gasteiger partial charge in [0, 0.05) is 12.3 Å². The van der Waals surface area contributed by atoms with Crippen molar-refractivity contribution >= 4 is 11.8 Å². The van der Waals surface area contributed by atoms with Gasteiger partial charge in [0.1, 0.15) is 11.6 Å². The number of aromatic nitrogens is 2. The molecule has 1 rings (SSSR count). The van der Waals surface area contributed by atoms with Crippen molar-refractivity contribution in [2.45, 2.75) is 24.9 Å². The summed E-state index contributed by atoms with van der Waals surface area (Å²) in [5, 5.41) is 9.40. The van der Waals surface area contributed by atoms with Gasteiger partial charge in [-0.2, -0.15) is 5.26 Å². The van der Waals surface area contributed by atoms with E-state index >= 15 is 0 Å². The number of thioether (sulfide) groups is 1. The van der Waals surface area contributed by atoms with Crippen LogP contribution in [0, 0.1) is 11.3 Å². The summed E-state index contributed by atoms with van der Waals surface area (Å²) < 4.78 is 0. The van der Waals surface area contributed by atoms with Crippen LogP contribution in [0.4, 0.5) is 0 Å². The summed E-state index contributed by atoms with van der Waals surface area (Å²) in [6, 6.07) is 1.89. The Labute approximate surface area is 98.1 Å². The number of H-pyrrole nitrogens is 1. The number of hydrogen-bond acceptors (Lipinski definition) is 5. The lowest BCUT2D eigenvalue weighted by Crippen LogP contribution is -2.17. The molecule has 0 radical (unpaired) electrons. The molecular weight excluding hydrogens is 224 g/mol. The van der Waals surface area contributed by atoms with Gasteiger partial charge in [-0.1, -0.05) is 25.1 Å². The highest BCUT2D eigenvalue weighted by Gasteiger charge is 2.10. The molecule has 0 atom stereocenters. The average Bonchev–Trinajstić information content (AvgIpc) is 2.26. The van der Waals surface area contributed by atoms with Crippen LogP contribution in [0.3, 0.4) is 0 Å². The maximum absolute atomic E-state index is 11.6. The van der Waals surface area contributed by atoms with Crippen LogP contribution in [0.2, 0.25) is 0 Å². The number of nitrogens with one attached hydrogen (secondary N) is 1. The van der Waals surface area contributed by atoms with Gasteiger partial charge in [-0.15, -0.1) is 0 Å². The van der Waals surface area contributed by atoms with E-state index < -0.39 is 0 Å².